The van der Waals surface area contributed by atoms with Crippen LogP contribution in [0.5, 0.6) is 5.75 Å². The van der Waals surface area contributed by atoms with Gasteiger partial charge in [0.05, 0.1) is 5.69 Å². The van der Waals surface area contributed by atoms with Crippen molar-refractivity contribution in [3.8, 4) is 5.75 Å². The van der Waals surface area contributed by atoms with E-state index in [1.54, 1.807) is 49.5 Å². The zero-order valence-electron chi connectivity index (χ0n) is 16.8. The molecule has 1 aliphatic heterocycles. The van der Waals surface area contributed by atoms with Crippen LogP contribution in [0.2, 0.25) is 0 Å². The molecule has 3 rings (SSSR count). The number of Topliss-reactive ketones (excluding diaryl/α,β-unsaturated/α-hetero) is 1. The van der Waals surface area contributed by atoms with Crippen molar-refractivity contribution in [2.24, 2.45) is 0 Å². The molecule has 0 saturated heterocycles. The number of hydrogen-bond acceptors (Lipinski definition) is 5. The average molecular weight is 407 g/mol. The van der Waals surface area contributed by atoms with Crippen LogP contribution in [-0.2, 0) is 14.4 Å². The second-order valence-electron chi connectivity index (χ2n) is 6.83. The third-order valence-corrected chi connectivity index (χ3v) is 4.57. The van der Waals surface area contributed by atoms with E-state index >= 15 is 0 Å². The van der Waals surface area contributed by atoms with E-state index < -0.39 is 11.8 Å². The summed E-state index contributed by atoms with van der Waals surface area (Å²) in [6, 6.07) is 11.4. The van der Waals surface area contributed by atoms with Gasteiger partial charge in [-0.3, -0.25) is 19.2 Å². The van der Waals surface area contributed by atoms with Gasteiger partial charge in [-0.1, -0.05) is 0 Å². The van der Waals surface area contributed by atoms with Crippen molar-refractivity contribution in [3.05, 3.63) is 59.7 Å². The van der Waals surface area contributed by atoms with E-state index in [0.717, 1.165) is 0 Å². The van der Waals surface area contributed by atoms with Gasteiger partial charge in [-0.2, -0.15) is 0 Å². The van der Waals surface area contributed by atoms with Gasteiger partial charge in [0.15, 0.2) is 12.4 Å². The number of ether oxygens (including phenoxy) is 1. The van der Waals surface area contributed by atoms with Crippen LogP contribution >= 0.6 is 0 Å². The second kappa shape index (κ2) is 8.60. The number of ketones is 1. The number of nitrogens with zero attached hydrogens (tertiary/aromatic N) is 1. The fraction of sp³-hybridized carbons (Fsp3) is 0.182. The van der Waals surface area contributed by atoms with Gasteiger partial charge in [0, 0.05) is 35.6 Å². The maximum atomic E-state index is 12.4. The minimum atomic E-state index is -0.470. The fourth-order valence-corrected chi connectivity index (χ4v) is 2.81. The Labute approximate surface area is 173 Å². The zero-order chi connectivity index (χ0) is 21.8. The van der Waals surface area contributed by atoms with Gasteiger partial charge >= 0.3 is 0 Å². The second-order valence-corrected chi connectivity index (χ2v) is 6.83. The number of carbonyl (C=O) groups is 4. The van der Waals surface area contributed by atoms with Gasteiger partial charge in [-0.15, -0.1) is 0 Å². The topological polar surface area (TPSA) is 105 Å². The molecule has 2 aromatic rings. The molecular formula is C22H21N3O5. The first kappa shape index (κ1) is 20.8. The molecule has 30 heavy (non-hydrogen) atoms. The molecule has 1 aliphatic rings. The lowest BCUT2D eigenvalue weighted by Crippen LogP contribution is -2.35. The molecular weight excluding hydrogens is 386 g/mol. The molecule has 0 radical (unpaired) electrons. The number of hydrogen-bond donors (Lipinski definition) is 2. The van der Waals surface area contributed by atoms with E-state index in [2.05, 4.69) is 10.6 Å². The van der Waals surface area contributed by atoms with Gasteiger partial charge < -0.3 is 20.3 Å². The number of carbonyl (C=O) groups excluding carboxylic acids is 4. The normalized spacial score (nSPS) is 13.2. The first-order valence-electron chi connectivity index (χ1n) is 9.19. The molecule has 1 heterocycles. The highest BCUT2D eigenvalue weighted by molar-refractivity contribution is 6.10. The maximum Gasteiger partial charge on any atom is 0.264 e. The maximum absolute atomic E-state index is 12.4. The summed E-state index contributed by atoms with van der Waals surface area (Å²) in [4.78, 5) is 49.1. The number of amides is 3. The van der Waals surface area contributed by atoms with Gasteiger partial charge in [0.2, 0.25) is 5.91 Å². The summed E-state index contributed by atoms with van der Waals surface area (Å²) in [6.07, 6.45) is 1.19. The number of fused-ring (bicyclic) bond motifs is 1. The number of anilines is 3. The molecule has 8 heteroatoms. The lowest BCUT2D eigenvalue weighted by atomic mass is 10.1. The molecule has 0 unspecified atom stereocenters. The SMILES string of the molecule is CC(=O)c1ccc(NC(=O)/C=C(/C)C(=O)Nc2ccc3c(c2)N(C)C(=O)CO3)cc1. The molecule has 8 nitrogen and oxygen atoms in total. The summed E-state index contributed by atoms with van der Waals surface area (Å²) >= 11 is 0. The zero-order valence-corrected chi connectivity index (χ0v) is 16.8. The van der Waals surface area contributed by atoms with Crippen molar-refractivity contribution in [2.45, 2.75) is 13.8 Å². The highest BCUT2D eigenvalue weighted by atomic mass is 16.5. The van der Waals surface area contributed by atoms with E-state index in [-0.39, 0.29) is 23.9 Å². The van der Waals surface area contributed by atoms with Gasteiger partial charge in [0.1, 0.15) is 5.75 Å². The number of benzene rings is 2. The summed E-state index contributed by atoms with van der Waals surface area (Å²) in [6.45, 7) is 2.96. The Morgan fingerprint density at radius 2 is 1.67 bits per heavy atom. The first-order chi connectivity index (χ1) is 14.2. The Hall–Kier alpha value is -3.94. The summed E-state index contributed by atoms with van der Waals surface area (Å²) in [5, 5.41) is 5.34. The molecule has 2 N–H and O–H groups in total. The third kappa shape index (κ3) is 4.72. The van der Waals surface area contributed by atoms with Crippen molar-refractivity contribution in [1.82, 2.24) is 0 Å². The van der Waals surface area contributed by atoms with Crippen LogP contribution in [0.1, 0.15) is 24.2 Å². The van der Waals surface area contributed by atoms with E-state index in [1.165, 1.54) is 24.8 Å². The largest absolute Gasteiger partial charge is 0.482 e. The first-order valence-corrected chi connectivity index (χ1v) is 9.19. The Balaban J connectivity index is 1.65. The molecule has 0 spiro atoms. The minimum Gasteiger partial charge on any atom is -0.482 e. The van der Waals surface area contributed by atoms with Crippen LogP contribution in [0.4, 0.5) is 17.1 Å². The molecule has 2 aromatic carbocycles. The Bertz CT molecular complexity index is 1060. The fourth-order valence-electron chi connectivity index (χ4n) is 2.81. The molecule has 0 aliphatic carbocycles. The van der Waals surface area contributed by atoms with Crippen molar-refractivity contribution in [1.29, 1.82) is 0 Å². The summed E-state index contributed by atoms with van der Waals surface area (Å²) < 4.78 is 5.36. The van der Waals surface area contributed by atoms with E-state index in [4.69, 9.17) is 4.74 Å². The molecule has 0 bridgehead atoms. The smallest absolute Gasteiger partial charge is 0.264 e. The van der Waals surface area contributed by atoms with Crippen molar-refractivity contribution in [3.63, 3.8) is 0 Å². The Morgan fingerprint density at radius 3 is 2.33 bits per heavy atom. The Morgan fingerprint density at radius 1 is 1.00 bits per heavy atom. The van der Waals surface area contributed by atoms with E-state index in [1.807, 2.05) is 0 Å². The van der Waals surface area contributed by atoms with Crippen molar-refractivity contribution >= 4 is 40.6 Å². The van der Waals surface area contributed by atoms with Crippen LogP contribution in [0, 0.1) is 0 Å². The minimum absolute atomic E-state index is 0.0242. The lowest BCUT2D eigenvalue weighted by Gasteiger charge is -2.26. The molecule has 0 aromatic heterocycles. The monoisotopic (exact) mass is 407 g/mol. The quantitative estimate of drug-likeness (QED) is 0.586. The van der Waals surface area contributed by atoms with Crippen molar-refractivity contribution in [2.75, 3.05) is 29.2 Å². The van der Waals surface area contributed by atoms with Crippen LogP contribution in [-0.4, -0.2) is 37.2 Å². The van der Waals surface area contributed by atoms with Gasteiger partial charge in [0.25, 0.3) is 11.8 Å². The van der Waals surface area contributed by atoms with Crippen LogP contribution in [0.3, 0.4) is 0 Å². The Kier molecular flexibility index (Phi) is 5.96. The number of rotatable bonds is 5. The molecule has 154 valence electrons. The highest BCUT2D eigenvalue weighted by Crippen LogP contribution is 2.33. The average Bonchev–Trinajstić information content (AvgIpc) is 2.71. The van der Waals surface area contributed by atoms with Crippen LogP contribution in [0.25, 0.3) is 0 Å². The predicted octanol–water partition coefficient (Wildman–Crippen LogP) is 2.77. The van der Waals surface area contributed by atoms with Crippen LogP contribution < -0.4 is 20.3 Å². The standard InChI is InChI=1S/C22H21N3O5/c1-13(10-20(27)23-16-6-4-15(5-7-16)14(2)26)22(29)24-17-8-9-19-18(11-17)25(3)21(28)12-30-19/h4-11H,12H2,1-3H3,(H,23,27)(H,24,29)/b13-10-. The molecule has 0 atom stereocenters. The lowest BCUT2D eigenvalue weighted by molar-refractivity contribution is -0.121. The number of likely N-dealkylation sites (N-methyl/N-ethyl adjacent to an activating group) is 1. The molecule has 0 fully saturated rings. The molecule has 3 amide bonds. The summed E-state index contributed by atoms with van der Waals surface area (Å²) in [5.41, 5.74) is 2.28. The van der Waals surface area contributed by atoms with Crippen molar-refractivity contribution < 1.29 is 23.9 Å². The van der Waals surface area contributed by atoms with E-state index in [0.29, 0.717) is 28.4 Å². The highest BCUT2D eigenvalue weighted by Gasteiger charge is 2.22. The molecule has 0 saturated carbocycles. The summed E-state index contributed by atoms with van der Waals surface area (Å²) in [7, 11) is 1.63. The van der Waals surface area contributed by atoms with E-state index in [9.17, 15) is 19.2 Å². The van der Waals surface area contributed by atoms with Gasteiger partial charge in [-0.05, 0) is 56.3 Å². The number of nitrogens with one attached hydrogen (secondary N) is 2. The summed E-state index contributed by atoms with van der Waals surface area (Å²) in [5.74, 6) is -0.623. The van der Waals surface area contributed by atoms with Gasteiger partial charge in [-0.25, -0.2) is 0 Å². The third-order valence-electron chi connectivity index (χ3n) is 4.57. The predicted molar refractivity (Wildman–Crippen MR) is 113 cm³/mol. The van der Waals surface area contributed by atoms with Crippen LogP contribution in [0.15, 0.2) is 54.1 Å².